The molecule has 5 heteroatoms. The van der Waals surface area contributed by atoms with Crippen LogP contribution in [-0.4, -0.2) is 21.3 Å². The van der Waals surface area contributed by atoms with Gasteiger partial charge >= 0.3 is 5.97 Å². The number of unbranched alkanes of at least 4 members (excludes halogenated alkanes) is 4. The van der Waals surface area contributed by atoms with Crippen LogP contribution in [0, 0.1) is 5.92 Å². The van der Waals surface area contributed by atoms with E-state index in [4.69, 9.17) is 16.3 Å². The summed E-state index contributed by atoms with van der Waals surface area (Å²) in [7, 11) is 0. The number of hydrogen-bond acceptors (Lipinski definition) is 4. The highest BCUT2D eigenvalue weighted by atomic mass is 35.5. The minimum absolute atomic E-state index is 0.339. The van der Waals surface area contributed by atoms with E-state index in [0.29, 0.717) is 29.8 Å². The van der Waals surface area contributed by atoms with Crippen molar-refractivity contribution in [2.24, 2.45) is 5.92 Å². The van der Waals surface area contributed by atoms with Crippen molar-refractivity contribution in [3.63, 3.8) is 0 Å². The van der Waals surface area contributed by atoms with Gasteiger partial charge in [-0.05, 0) is 54.5 Å². The van der Waals surface area contributed by atoms with Crippen LogP contribution in [0.25, 0.3) is 11.4 Å². The Balaban J connectivity index is 1.89. The lowest BCUT2D eigenvalue weighted by atomic mass is 9.97. The van der Waals surface area contributed by atoms with E-state index in [2.05, 4.69) is 23.8 Å². The second kappa shape index (κ2) is 12.7. The molecule has 2 rings (SSSR count). The van der Waals surface area contributed by atoms with Gasteiger partial charge in [0.05, 0.1) is 0 Å². The van der Waals surface area contributed by atoms with Crippen LogP contribution in [0.3, 0.4) is 0 Å². The topological polar surface area (TPSA) is 52.1 Å². The van der Waals surface area contributed by atoms with Crippen molar-refractivity contribution in [1.82, 2.24) is 9.97 Å². The van der Waals surface area contributed by atoms with Gasteiger partial charge in [-0.25, -0.2) is 9.97 Å². The van der Waals surface area contributed by atoms with Gasteiger partial charge in [0.25, 0.3) is 0 Å². The Morgan fingerprint density at radius 1 is 1.00 bits per heavy atom. The number of carbonyl (C=O) groups excluding carboxylic acids is 1. The number of rotatable bonds is 12. The molecule has 0 aliphatic carbocycles. The molecule has 0 spiro atoms. The van der Waals surface area contributed by atoms with E-state index in [1.54, 1.807) is 12.1 Å². The summed E-state index contributed by atoms with van der Waals surface area (Å²) < 4.78 is 5.37. The zero-order chi connectivity index (χ0) is 21.9. The lowest BCUT2D eigenvalue weighted by Gasteiger charge is -2.12. The molecule has 0 fully saturated rings. The average molecular weight is 431 g/mol. The fourth-order valence-electron chi connectivity index (χ4n) is 3.32. The monoisotopic (exact) mass is 430 g/mol. The van der Waals surface area contributed by atoms with Gasteiger partial charge < -0.3 is 4.74 Å². The van der Waals surface area contributed by atoms with E-state index < -0.39 is 11.3 Å². The van der Waals surface area contributed by atoms with Crippen LogP contribution in [0.15, 0.2) is 36.7 Å². The van der Waals surface area contributed by atoms with E-state index in [0.717, 1.165) is 5.56 Å². The molecule has 0 saturated carbocycles. The Bertz CT molecular complexity index is 760. The first-order valence-corrected chi connectivity index (χ1v) is 11.6. The average Bonchev–Trinajstić information content (AvgIpc) is 2.73. The molecule has 0 aliphatic heterocycles. The molecule has 0 aliphatic rings. The molecule has 1 aromatic carbocycles. The highest BCUT2D eigenvalue weighted by Gasteiger charge is 2.19. The predicted octanol–water partition coefficient (Wildman–Crippen LogP) is 7.17. The summed E-state index contributed by atoms with van der Waals surface area (Å²) >= 11 is 6.10. The van der Waals surface area contributed by atoms with Crippen molar-refractivity contribution < 1.29 is 9.53 Å². The number of ether oxygens (including phenoxy) is 1. The number of esters is 1. The molecule has 0 radical (unpaired) electrons. The first kappa shape index (κ1) is 24.3. The highest BCUT2D eigenvalue weighted by molar-refractivity contribution is 6.30. The molecular formula is C25H35ClN2O2. The number of aromatic nitrogens is 2. The molecular weight excluding hydrogens is 396 g/mol. The molecule has 2 aromatic rings. The smallest absolute Gasteiger partial charge is 0.329 e. The normalized spacial score (nSPS) is 13.3. The summed E-state index contributed by atoms with van der Waals surface area (Å²) in [5, 5.41) is -0.630. The molecule has 0 amide bonds. The number of halogens is 1. The summed E-state index contributed by atoms with van der Waals surface area (Å²) in [5.74, 6) is 1.54. The first-order chi connectivity index (χ1) is 14.4. The number of hydrogen-bond donors (Lipinski definition) is 0. The highest BCUT2D eigenvalue weighted by Crippen LogP contribution is 2.24. The number of benzene rings is 1. The van der Waals surface area contributed by atoms with Crippen LogP contribution >= 0.6 is 11.6 Å². The Kier molecular flexibility index (Phi) is 10.3. The summed E-state index contributed by atoms with van der Waals surface area (Å²) in [6.45, 7) is 8.53. The third kappa shape index (κ3) is 8.06. The maximum absolute atomic E-state index is 12.1. The molecule has 30 heavy (non-hydrogen) atoms. The summed E-state index contributed by atoms with van der Waals surface area (Å²) in [4.78, 5) is 21.1. The van der Waals surface area contributed by atoms with Gasteiger partial charge in [0.2, 0.25) is 0 Å². The quantitative estimate of drug-likeness (QED) is 0.155. The van der Waals surface area contributed by atoms with Crippen LogP contribution in [0.5, 0.6) is 5.75 Å². The summed E-state index contributed by atoms with van der Waals surface area (Å²) in [6, 6.07) is 7.23. The molecule has 164 valence electrons. The van der Waals surface area contributed by atoms with Gasteiger partial charge in [-0.2, -0.15) is 0 Å². The predicted molar refractivity (Wildman–Crippen MR) is 124 cm³/mol. The van der Waals surface area contributed by atoms with Crippen LogP contribution in [-0.2, 0) is 4.79 Å². The number of carbonyl (C=O) groups is 1. The maximum Gasteiger partial charge on any atom is 0.329 e. The van der Waals surface area contributed by atoms with Gasteiger partial charge in [0.1, 0.15) is 11.1 Å². The van der Waals surface area contributed by atoms with Crippen LogP contribution in [0.4, 0.5) is 0 Å². The first-order valence-electron chi connectivity index (χ1n) is 11.2. The number of alkyl halides is 1. The summed E-state index contributed by atoms with van der Waals surface area (Å²) in [5.41, 5.74) is 2.07. The molecule has 0 saturated heterocycles. The fraction of sp³-hybridized carbons (Fsp3) is 0.560. The van der Waals surface area contributed by atoms with Gasteiger partial charge in [0.15, 0.2) is 5.82 Å². The van der Waals surface area contributed by atoms with E-state index >= 15 is 0 Å². The Labute approximate surface area is 186 Å². The van der Waals surface area contributed by atoms with Crippen molar-refractivity contribution in [3.05, 3.63) is 42.2 Å². The molecule has 2 atom stereocenters. The Hall–Kier alpha value is -1.94. The molecule has 0 N–H and O–H groups in total. The molecule has 1 aromatic heterocycles. The minimum Gasteiger partial charge on any atom is -0.425 e. The number of nitrogens with zero attached hydrogens (tertiary/aromatic N) is 2. The van der Waals surface area contributed by atoms with Crippen LogP contribution in [0.2, 0.25) is 0 Å². The second-order valence-corrected chi connectivity index (χ2v) is 9.01. The van der Waals surface area contributed by atoms with E-state index in [1.165, 1.54) is 44.1 Å². The Morgan fingerprint density at radius 3 is 2.23 bits per heavy atom. The SMILES string of the molecule is CCCCCCCC(C)c1cnc(-c2ccc(OC(=O)[C@@H](Cl)CC(C)C)cc2)nc1. The fourth-order valence-corrected chi connectivity index (χ4v) is 3.73. The summed E-state index contributed by atoms with van der Waals surface area (Å²) in [6.07, 6.45) is 12.1. The van der Waals surface area contributed by atoms with Crippen LogP contribution in [0.1, 0.15) is 84.1 Å². The van der Waals surface area contributed by atoms with Crippen molar-refractivity contribution >= 4 is 17.6 Å². The third-order valence-electron chi connectivity index (χ3n) is 5.25. The van der Waals surface area contributed by atoms with E-state index in [-0.39, 0.29) is 0 Å². The van der Waals surface area contributed by atoms with Gasteiger partial charge in [-0.3, -0.25) is 4.79 Å². The van der Waals surface area contributed by atoms with E-state index in [1.807, 2.05) is 38.4 Å². The van der Waals surface area contributed by atoms with Crippen LogP contribution < -0.4 is 4.74 Å². The standard InChI is InChI=1S/C25H35ClN2O2/c1-5-6-7-8-9-10-19(4)21-16-27-24(28-17-21)20-11-13-22(14-12-20)30-25(29)23(26)15-18(2)3/h11-14,16-19,23H,5-10,15H2,1-4H3/t19?,23-/m0/s1. The lowest BCUT2D eigenvalue weighted by Crippen LogP contribution is -2.22. The molecule has 0 bridgehead atoms. The molecule has 1 unspecified atom stereocenters. The van der Waals surface area contributed by atoms with Gasteiger partial charge in [-0.1, -0.05) is 59.8 Å². The second-order valence-electron chi connectivity index (χ2n) is 8.49. The maximum atomic E-state index is 12.1. The van der Waals surface area contributed by atoms with Crippen molar-refractivity contribution in [2.45, 2.75) is 83.9 Å². The lowest BCUT2D eigenvalue weighted by molar-refractivity contribution is -0.134. The van der Waals surface area contributed by atoms with Crippen molar-refractivity contribution in [2.75, 3.05) is 0 Å². The molecule has 1 heterocycles. The Morgan fingerprint density at radius 2 is 1.63 bits per heavy atom. The zero-order valence-electron chi connectivity index (χ0n) is 18.7. The zero-order valence-corrected chi connectivity index (χ0v) is 19.5. The minimum atomic E-state index is -0.630. The largest absolute Gasteiger partial charge is 0.425 e. The third-order valence-corrected chi connectivity index (χ3v) is 5.60. The molecule has 4 nitrogen and oxygen atoms in total. The van der Waals surface area contributed by atoms with Crippen molar-refractivity contribution in [3.8, 4) is 17.1 Å². The van der Waals surface area contributed by atoms with Crippen molar-refractivity contribution in [1.29, 1.82) is 0 Å². The van der Waals surface area contributed by atoms with Gasteiger partial charge in [0, 0.05) is 18.0 Å². The van der Waals surface area contributed by atoms with E-state index in [9.17, 15) is 4.79 Å². The van der Waals surface area contributed by atoms with Gasteiger partial charge in [-0.15, -0.1) is 11.6 Å².